The monoisotopic (exact) mass is 492 g/mol. The molecule has 0 unspecified atom stereocenters. The molecule has 34 heavy (non-hydrogen) atoms. The fourth-order valence-corrected chi connectivity index (χ4v) is 6.11. The lowest BCUT2D eigenvalue weighted by atomic mass is 9.88. The minimum Gasteiger partial charge on any atom is -0.455 e. The molecule has 0 aromatic heterocycles. The van der Waals surface area contributed by atoms with Gasteiger partial charge in [0.25, 0.3) is 5.91 Å². The smallest absolute Gasteiger partial charge is 0.321 e. The van der Waals surface area contributed by atoms with Gasteiger partial charge in [-0.25, -0.2) is 8.42 Å². The number of carbonyl (C=O) groups excluding carboxylic acids is 3. The van der Waals surface area contributed by atoms with Gasteiger partial charge in [-0.2, -0.15) is 4.31 Å². The van der Waals surface area contributed by atoms with Crippen LogP contribution in [0.2, 0.25) is 0 Å². The molecule has 8 nitrogen and oxygen atoms in total. The standard InChI is InChI=1S/C25H36N2O6S/c1-19(28)20-13-15-23(16-14-20)34(31,32)26(2)17-25(30)33-18-24(29)27(21-9-5-3-6-10-21)22-11-7-4-8-12-22/h13-16,21-22H,3-12,17-18H2,1-2H3. The zero-order chi connectivity index (χ0) is 24.7. The lowest BCUT2D eigenvalue weighted by molar-refractivity contribution is -0.155. The fraction of sp³-hybridized carbons (Fsp3) is 0.640. The average molecular weight is 493 g/mol. The topological polar surface area (TPSA) is 101 Å². The first-order valence-electron chi connectivity index (χ1n) is 12.2. The Labute approximate surface area is 202 Å². The largest absolute Gasteiger partial charge is 0.455 e. The van der Waals surface area contributed by atoms with Crippen molar-refractivity contribution in [3.05, 3.63) is 29.8 Å². The van der Waals surface area contributed by atoms with Crippen molar-refractivity contribution in [2.75, 3.05) is 20.2 Å². The molecule has 0 aliphatic heterocycles. The van der Waals surface area contributed by atoms with Crippen LogP contribution in [-0.4, -0.2) is 67.6 Å². The van der Waals surface area contributed by atoms with Crippen molar-refractivity contribution < 1.29 is 27.5 Å². The van der Waals surface area contributed by atoms with Crippen molar-refractivity contribution in [2.24, 2.45) is 0 Å². The third-order valence-electron chi connectivity index (χ3n) is 6.90. The third kappa shape index (κ3) is 6.66. The molecular weight excluding hydrogens is 456 g/mol. The van der Waals surface area contributed by atoms with E-state index in [4.69, 9.17) is 4.74 Å². The molecule has 0 heterocycles. The number of amides is 1. The summed E-state index contributed by atoms with van der Waals surface area (Å²) in [5.41, 5.74) is 0.403. The number of sulfonamides is 1. The van der Waals surface area contributed by atoms with E-state index in [1.807, 2.05) is 4.90 Å². The maximum atomic E-state index is 13.1. The number of likely N-dealkylation sites (N-methyl/N-ethyl adjacent to an activating group) is 1. The van der Waals surface area contributed by atoms with Gasteiger partial charge < -0.3 is 9.64 Å². The first-order chi connectivity index (χ1) is 16.2. The van der Waals surface area contributed by atoms with Gasteiger partial charge in [-0.05, 0) is 44.7 Å². The summed E-state index contributed by atoms with van der Waals surface area (Å²) in [5, 5.41) is 0. The summed E-state index contributed by atoms with van der Waals surface area (Å²) in [4.78, 5) is 38.9. The Morgan fingerprint density at radius 2 is 1.38 bits per heavy atom. The van der Waals surface area contributed by atoms with E-state index in [9.17, 15) is 22.8 Å². The van der Waals surface area contributed by atoms with E-state index in [0.29, 0.717) is 5.56 Å². The van der Waals surface area contributed by atoms with Crippen LogP contribution in [0.3, 0.4) is 0 Å². The molecule has 0 bridgehead atoms. The summed E-state index contributed by atoms with van der Waals surface area (Å²) in [5.74, 6) is -1.12. The minimum absolute atomic E-state index is 0.0235. The number of Topliss-reactive ketones (excluding diaryl/α,β-unsaturated/α-hetero) is 1. The van der Waals surface area contributed by atoms with Crippen molar-refractivity contribution in [3.8, 4) is 0 Å². The van der Waals surface area contributed by atoms with Gasteiger partial charge in [-0.1, -0.05) is 50.7 Å². The number of benzene rings is 1. The molecule has 2 aliphatic rings. The van der Waals surface area contributed by atoms with Gasteiger partial charge in [0, 0.05) is 24.7 Å². The lowest BCUT2D eigenvalue weighted by Gasteiger charge is -2.41. The Morgan fingerprint density at radius 1 is 0.882 bits per heavy atom. The van der Waals surface area contributed by atoms with E-state index in [0.717, 1.165) is 55.7 Å². The van der Waals surface area contributed by atoms with Crippen molar-refractivity contribution in [1.82, 2.24) is 9.21 Å². The van der Waals surface area contributed by atoms with E-state index in [-0.39, 0.29) is 35.3 Å². The SMILES string of the molecule is CC(=O)c1ccc(S(=O)(=O)N(C)CC(=O)OCC(=O)N(C2CCCCC2)C2CCCCC2)cc1. The molecule has 0 N–H and O–H groups in total. The Bertz CT molecular complexity index is 946. The predicted molar refractivity (Wildman–Crippen MR) is 128 cm³/mol. The Balaban J connectivity index is 1.58. The summed E-state index contributed by atoms with van der Waals surface area (Å²) in [6.07, 6.45) is 10.8. The first kappa shape index (κ1) is 26.3. The number of rotatable bonds is 9. The zero-order valence-corrected chi connectivity index (χ0v) is 21.0. The summed E-state index contributed by atoms with van der Waals surface area (Å²) in [7, 11) is -2.65. The minimum atomic E-state index is -3.94. The molecule has 0 saturated heterocycles. The van der Waals surface area contributed by atoms with Gasteiger partial charge in [0.15, 0.2) is 12.4 Å². The number of carbonyl (C=O) groups is 3. The van der Waals surface area contributed by atoms with Crippen LogP contribution in [-0.2, 0) is 24.3 Å². The van der Waals surface area contributed by atoms with Gasteiger partial charge in [0.2, 0.25) is 10.0 Å². The molecule has 0 spiro atoms. The summed E-state index contributed by atoms with van der Waals surface area (Å²) >= 11 is 0. The summed E-state index contributed by atoms with van der Waals surface area (Å²) in [6.45, 7) is 0.528. The second-order valence-corrected chi connectivity index (χ2v) is 11.4. The molecule has 2 saturated carbocycles. The molecule has 1 aromatic rings. The van der Waals surface area contributed by atoms with Crippen LogP contribution < -0.4 is 0 Å². The van der Waals surface area contributed by atoms with Crippen LogP contribution in [0.25, 0.3) is 0 Å². The maximum absolute atomic E-state index is 13.1. The molecule has 188 valence electrons. The van der Waals surface area contributed by atoms with Gasteiger partial charge in [-0.3, -0.25) is 14.4 Å². The third-order valence-corrected chi connectivity index (χ3v) is 8.72. The normalized spacial score (nSPS) is 18.0. The van der Waals surface area contributed by atoms with Gasteiger partial charge in [0.05, 0.1) is 4.90 Å². The van der Waals surface area contributed by atoms with Crippen LogP contribution in [0.15, 0.2) is 29.2 Å². The molecule has 0 atom stereocenters. The van der Waals surface area contributed by atoms with Crippen molar-refractivity contribution in [1.29, 1.82) is 0 Å². The van der Waals surface area contributed by atoms with Crippen LogP contribution >= 0.6 is 0 Å². The fourth-order valence-electron chi connectivity index (χ4n) is 4.99. The van der Waals surface area contributed by atoms with Gasteiger partial charge in [0.1, 0.15) is 6.54 Å². The van der Waals surface area contributed by atoms with Crippen molar-refractivity contribution in [2.45, 2.75) is 88.1 Å². The Morgan fingerprint density at radius 3 is 1.85 bits per heavy atom. The molecule has 2 aliphatic carbocycles. The maximum Gasteiger partial charge on any atom is 0.321 e. The second-order valence-electron chi connectivity index (χ2n) is 9.39. The van der Waals surface area contributed by atoms with Crippen molar-refractivity contribution in [3.63, 3.8) is 0 Å². The predicted octanol–water partition coefficient (Wildman–Crippen LogP) is 3.55. The Kier molecular flexibility index (Phi) is 9.24. The van der Waals surface area contributed by atoms with Crippen LogP contribution in [0, 0.1) is 0 Å². The van der Waals surface area contributed by atoms with Gasteiger partial charge >= 0.3 is 5.97 Å². The highest BCUT2D eigenvalue weighted by Crippen LogP contribution is 2.30. The molecular formula is C25H36N2O6S. The quantitative estimate of drug-likeness (QED) is 0.386. The highest BCUT2D eigenvalue weighted by atomic mass is 32.2. The molecule has 0 radical (unpaired) electrons. The number of ether oxygens (including phenoxy) is 1. The number of esters is 1. The second kappa shape index (κ2) is 11.9. The molecule has 3 rings (SSSR count). The first-order valence-corrected chi connectivity index (χ1v) is 13.7. The number of nitrogens with zero attached hydrogens (tertiary/aromatic N) is 2. The molecule has 1 aromatic carbocycles. The van der Waals surface area contributed by atoms with Crippen LogP contribution in [0.1, 0.15) is 81.5 Å². The summed E-state index contributed by atoms with van der Waals surface area (Å²) < 4.78 is 31.7. The highest BCUT2D eigenvalue weighted by Gasteiger charge is 2.33. The Hall–Kier alpha value is -2.26. The number of hydrogen-bond donors (Lipinski definition) is 0. The average Bonchev–Trinajstić information content (AvgIpc) is 2.84. The van der Waals surface area contributed by atoms with Gasteiger partial charge in [-0.15, -0.1) is 0 Å². The van der Waals surface area contributed by atoms with E-state index in [2.05, 4.69) is 0 Å². The zero-order valence-electron chi connectivity index (χ0n) is 20.2. The highest BCUT2D eigenvalue weighted by molar-refractivity contribution is 7.89. The van der Waals surface area contributed by atoms with Crippen LogP contribution in [0.5, 0.6) is 0 Å². The van der Waals surface area contributed by atoms with E-state index < -0.39 is 22.5 Å². The lowest BCUT2D eigenvalue weighted by Crippen LogP contribution is -2.50. The van der Waals surface area contributed by atoms with Crippen molar-refractivity contribution >= 4 is 27.7 Å². The number of hydrogen-bond acceptors (Lipinski definition) is 6. The number of ketones is 1. The van der Waals surface area contributed by atoms with E-state index in [1.165, 1.54) is 51.1 Å². The summed E-state index contributed by atoms with van der Waals surface area (Å²) in [6, 6.07) is 5.94. The van der Waals surface area contributed by atoms with E-state index in [1.54, 1.807) is 0 Å². The molecule has 1 amide bonds. The molecule has 2 fully saturated rings. The van der Waals surface area contributed by atoms with E-state index >= 15 is 0 Å². The van der Waals surface area contributed by atoms with Crippen LogP contribution in [0.4, 0.5) is 0 Å². The molecule has 9 heteroatoms.